The lowest BCUT2D eigenvalue weighted by atomic mass is 10.2. The molecular formula is C17H14FN5O2. The van der Waals surface area contributed by atoms with Gasteiger partial charge >= 0.3 is 0 Å². The molecule has 3 aromatic rings. The van der Waals surface area contributed by atoms with E-state index in [1.807, 2.05) is 6.92 Å². The molecule has 0 saturated heterocycles. The topological polar surface area (TPSA) is 73.1 Å². The summed E-state index contributed by atoms with van der Waals surface area (Å²) in [6.45, 7) is 2.26. The minimum absolute atomic E-state index is 0.182. The summed E-state index contributed by atoms with van der Waals surface area (Å²) in [7, 11) is 0. The maximum atomic E-state index is 13.0. The van der Waals surface area contributed by atoms with Gasteiger partial charge in [0.05, 0.1) is 18.4 Å². The highest BCUT2D eigenvalue weighted by molar-refractivity contribution is 6.05. The van der Waals surface area contributed by atoms with Crippen molar-refractivity contribution < 1.29 is 13.9 Å². The summed E-state index contributed by atoms with van der Waals surface area (Å²) in [4.78, 5) is 19.9. The summed E-state index contributed by atoms with van der Waals surface area (Å²) in [6, 6.07) is 9.22. The Labute approximate surface area is 142 Å². The van der Waals surface area contributed by atoms with Crippen molar-refractivity contribution in [2.45, 2.75) is 13.0 Å². The molecule has 7 nitrogen and oxygen atoms in total. The first-order valence-corrected chi connectivity index (χ1v) is 7.73. The Morgan fingerprint density at radius 3 is 2.88 bits per heavy atom. The van der Waals surface area contributed by atoms with Crippen LogP contribution in [0.3, 0.4) is 0 Å². The fourth-order valence-electron chi connectivity index (χ4n) is 2.65. The molecule has 0 bridgehead atoms. The predicted molar refractivity (Wildman–Crippen MR) is 87.3 cm³/mol. The zero-order valence-corrected chi connectivity index (χ0v) is 13.3. The predicted octanol–water partition coefficient (Wildman–Crippen LogP) is 2.23. The Morgan fingerprint density at radius 1 is 1.28 bits per heavy atom. The number of nitrogens with zero attached hydrogens (tertiary/aromatic N) is 5. The molecule has 1 aliphatic rings. The van der Waals surface area contributed by atoms with E-state index < -0.39 is 0 Å². The summed E-state index contributed by atoms with van der Waals surface area (Å²) in [5.41, 5.74) is 1.35. The van der Waals surface area contributed by atoms with Gasteiger partial charge in [-0.3, -0.25) is 9.69 Å². The minimum Gasteiger partial charge on any atom is -0.471 e. The van der Waals surface area contributed by atoms with Gasteiger partial charge in [0, 0.05) is 6.20 Å². The molecule has 126 valence electrons. The molecule has 0 spiro atoms. The van der Waals surface area contributed by atoms with Crippen LogP contribution < -0.4 is 9.64 Å². The Kier molecular flexibility index (Phi) is 3.64. The first-order chi connectivity index (χ1) is 12.1. The van der Waals surface area contributed by atoms with E-state index >= 15 is 0 Å². The second-order valence-corrected chi connectivity index (χ2v) is 5.67. The molecule has 3 heterocycles. The first kappa shape index (κ1) is 15.3. The van der Waals surface area contributed by atoms with Gasteiger partial charge in [0.1, 0.15) is 17.6 Å². The van der Waals surface area contributed by atoms with E-state index in [9.17, 15) is 9.18 Å². The molecular weight excluding hydrogens is 325 g/mol. The summed E-state index contributed by atoms with van der Waals surface area (Å²) >= 11 is 0. The molecule has 0 fully saturated rings. The fraction of sp³-hybridized carbons (Fsp3) is 0.176. The molecule has 0 aliphatic carbocycles. The lowest BCUT2D eigenvalue weighted by Crippen LogP contribution is -2.42. The lowest BCUT2D eigenvalue weighted by molar-refractivity contribution is 0.0953. The molecule has 8 heteroatoms. The van der Waals surface area contributed by atoms with Crippen molar-refractivity contribution in [3.8, 4) is 11.6 Å². The number of aromatic nitrogens is 4. The van der Waals surface area contributed by atoms with Crippen LogP contribution in [0.1, 0.15) is 17.4 Å². The third kappa shape index (κ3) is 2.82. The highest BCUT2D eigenvalue weighted by Crippen LogP contribution is 2.31. The molecule has 0 N–H and O–H groups in total. The number of ether oxygens (including phenoxy) is 1. The third-order valence-electron chi connectivity index (χ3n) is 3.81. The average Bonchev–Trinajstić information content (AvgIpc) is 3.11. The van der Waals surface area contributed by atoms with Gasteiger partial charge in [-0.25, -0.2) is 9.37 Å². The van der Waals surface area contributed by atoms with E-state index in [2.05, 4.69) is 15.2 Å². The SMILES string of the molecule is C[C@@H]1CN(C(=O)c2cnn(-c3ccc(F)cc3)n2)c2cccnc2O1. The number of hydrogen-bond donors (Lipinski definition) is 0. The number of anilines is 1. The molecule has 25 heavy (non-hydrogen) atoms. The van der Waals surface area contributed by atoms with Gasteiger partial charge in [-0.05, 0) is 43.3 Å². The summed E-state index contributed by atoms with van der Waals surface area (Å²) in [6.07, 6.45) is 2.82. The monoisotopic (exact) mass is 339 g/mol. The number of amides is 1. The van der Waals surface area contributed by atoms with Crippen LogP contribution in [0.4, 0.5) is 10.1 Å². The number of carbonyl (C=O) groups is 1. The number of fused-ring (bicyclic) bond motifs is 1. The first-order valence-electron chi connectivity index (χ1n) is 7.73. The van der Waals surface area contributed by atoms with E-state index in [-0.39, 0.29) is 23.5 Å². The molecule has 4 rings (SSSR count). The minimum atomic E-state index is -0.349. The zero-order chi connectivity index (χ0) is 17.4. The maximum absolute atomic E-state index is 13.0. The molecule has 0 unspecified atom stereocenters. The normalized spacial score (nSPS) is 16.2. The van der Waals surface area contributed by atoms with Crippen LogP contribution in [0.5, 0.6) is 5.88 Å². The van der Waals surface area contributed by atoms with Crippen molar-refractivity contribution in [2.75, 3.05) is 11.4 Å². The molecule has 1 atom stereocenters. The molecule has 1 amide bonds. The van der Waals surface area contributed by atoms with E-state index in [4.69, 9.17) is 4.74 Å². The van der Waals surface area contributed by atoms with E-state index in [0.29, 0.717) is 23.8 Å². The number of benzene rings is 1. The fourth-order valence-corrected chi connectivity index (χ4v) is 2.65. The van der Waals surface area contributed by atoms with E-state index in [1.54, 1.807) is 35.4 Å². The van der Waals surface area contributed by atoms with Crippen LogP contribution in [0.15, 0.2) is 48.8 Å². The molecule has 1 aromatic carbocycles. The van der Waals surface area contributed by atoms with Gasteiger partial charge in [0.15, 0.2) is 5.69 Å². The molecule has 1 aliphatic heterocycles. The molecule has 2 aromatic heterocycles. The summed E-state index contributed by atoms with van der Waals surface area (Å²) < 4.78 is 18.7. The second kappa shape index (κ2) is 5.97. The Balaban J connectivity index is 1.65. The standard InChI is InChI=1S/C17H14FN5O2/c1-11-10-22(15-3-2-8-19-16(15)25-11)17(24)14-9-20-23(21-14)13-6-4-12(18)5-7-13/h2-9,11H,10H2,1H3/t11-/m1/s1. The van der Waals surface area contributed by atoms with Gasteiger partial charge < -0.3 is 4.74 Å². The number of rotatable bonds is 2. The van der Waals surface area contributed by atoms with Crippen molar-refractivity contribution in [1.82, 2.24) is 20.0 Å². The maximum Gasteiger partial charge on any atom is 0.280 e. The molecule has 0 saturated carbocycles. The molecule has 0 radical (unpaired) electrons. The van der Waals surface area contributed by atoms with Crippen LogP contribution in [0, 0.1) is 5.82 Å². The van der Waals surface area contributed by atoms with Crippen molar-refractivity contribution in [2.24, 2.45) is 0 Å². The average molecular weight is 339 g/mol. The van der Waals surface area contributed by atoms with Gasteiger partial charge in [0.2, 0.25) is 5.88 Å². The summed E-state index contributed by atoms with van der Waals surface area (Å²) in [5, 5.41) is 8.31. The third-order valence-corrected chi connectivity index (χ3v) is 3.81. The van der Waals surface area contributed by atoms with Gasteiger partial charge in [-0.2, -0.15) is 9.90 Å². The zero-order valence-electron chi connectivity index (χ0n) is 13.3. The van der Waals surface area contributed by atoms with Crippen LogP contribution in [-0.2, 0) is 0 Å². The van der Waals surface area contributed by atoms with Gasteiger partial charge in [-0.15, -0.1) is 5.10 Å². The number of carbonyl (C=O) groups excluding carboxylic acids is 1. The second-order valence-electron chi connectivity index (χ2n) is 5.67. The largest absolute Gasteiger partial charge is 0.471 e. The van der Waals surface area contributed by atoms with Crippen LogP contribution in [-0.4, -0.2) is 38.5 Å². The smallest absolute Gasteiger partial charge is 0.280 e. The van der Waals surface area contributed by atoms with Gasteiger partial charge in [0.25, 0.3) is 5.91 Å². The highest BCUT2D eigenvalue weighted by atomic mass is 19.1. The number of hydrogen-bond acceptors (Lipinski definition) is 5. The van der Waals surface area contributed by atoms with Crippen LogP contribution in [0.25, 0.3) is 5.69 Å². The van der Waals surface area contributed by atoms with Crippen molar-refractivity contribution in [3.63, 3.8) is 0 Å². The Bertz CT molecular complexity index is 925. The summed E-state index contributed by atoms with van der Waals surface area (Å²) in [5.74, 6) is -0.225. The van der Waals surface area contributed by atoms with E-state index in [1.165, 1.54) is 23.1 Å². The Morgan fingerprint density at radius 2 is 2.08 bits per heavy atom. The van der Waals surface area contributed by atoms with Crippen molar-refractivity contribution in [1.29, 1.82) is 0 Å². The quantitative estimate of drug-likeness (QED) is 0.716. The number of pyridine rings is 1. The van der Waals surface area contributed by atoms with E-state index in [0.717, 1.165) is 0 Å². The van der Waals surface area contributed by atoms with Crippen LogP contribution in [0.2, 0.25) is 0 Å². The van der Waals surface area contributed by atoms with Crippen LogP contribution >= 0.6 is 0 Å². The lowest BCUT2D eigenvalue weighted by Gasteiger charge is -2.31. The van der Waals surface area contributed by atoms with Crippen molar-refractivity contribution >= 4 is 11.6 Å². The highest BCUT2D eigenvalue weighted by Gasteiger charge is 2.30. The van der Waals surface area contributed by atoms with Crippen molar-refractivity contribution in [3.05, 3.63) is 60.3 Å². The van der Waals surface area contributed by atoms with Gasteiger partial charge in [-0.1, -0.05) is 0 Å². The Hall–Kier alpha value is -3.29. The number of halogens is 1.